The molecule has 29 heavy (non-hydrogen) atoms. The Morgan fingerprint density at radius 2 is 1.76 bits per heavy atom. The number of carbonyl (C=O) groups is 1. The fourth-order valence-corrected chi connectivity index (χ4v) is 5.38. The molecule has 0 saturated carbocycles. The van der Waals surface area contributed by atoms with E-state index < -0.39 is 0 Å². The Morgan fingerprint density at radius 3 is 2.48 bits per heavy atom. The highest BCUT2D eigenvalue weighted by atomic mass is 35.5. The van der Waals surface area contributed by atoms with E-state index in [1.807, 2.05) is 73.9 Å². The van der Waals surface area contributed by atoms with E-state index >= 15 is 0 Å². The maximum absolute atomic E-state index is 12.5. The molecule has 0 spiro atoms. The van der Waals surface area contributed by atoms with Crippen LogP contribution in [0, 0.1) is 5.41 Å². The van der Waals surface area contributed by atoms with Crippen molar-refractivity contribution >= 4 is 50.6 Å². The first-order valence-electron chi connectivity index (χ1n) is 9.20. The van der Waals surface area contributed by atoms with Crippen LogP contribution >= 0.6 is 34.7 Å². The Bertz CT molecular complexity index is 1180. The third-order valence-electron chi connectivity index (χ3n) is 4.59. The Kier molecular flexibility index (Phi) is 5.51. The molecular weight excluding hydrogens is 422 g/mol. The van der Waals surface area contributed by atoms with Gasteiger partial charge in [-0.1, -0.05) is 80.5 Å². The lowest BCUT2D eigenvalue weighted by molar-refractivity contribution is -0.123. The summed E-state index contributed by atoms with van der Waals surface area (Å²) in [6, 6.07) is 18.0. The Labute approximate surface area is 182 Å². The molecule has 0 saturated heterocycles. The number of carbonyl (C=O) groups excluding carboxylic acids is 1. The summed E-state index contributed by atoms with van der Waals surface area (Å²) < 4.78 is 3.77. The number of halogens is 1. The van der Waals surface area contributed by atoms with Crippen LogP contribution in [0.4, 0.5) is 0 Å². The summed E-state index contributed by atoms with van der Waals surface area (Å²) in [7, 11) is 0. The molecule has 4 rings (SSSR count). The van der Waals surface area contributed by atoms with Crippen LogP contribution in [0.3, 0.4) is 0 Å². The van der Waals surface area contributed by atoms with Gasteiger partial charge in [0, 0.05) is 21.2 Å². The van der Waals surface area contributed by atoms with Gasteiger partial charge in [0.2, 0.25) is 0 Å². The zero-order chi connectivity index (χ0) is 20.6. The fraction of sp³-hybridized carbons (Fsp3) is 0.227. The van der Waals surface area contributed by atoms with Crippen molar-refractivity contribution in [1.29, 1.82) is 0 Å². The number of para-hydroxylation sites is 1. The van der Waals surface area contributed by atoms with Gasteiger partial charge in [-0.25, -0.2) is 0 Å². The largest absolute Gasteiger partial charge is 0.298 e. The molecule has 4 aromatic rings. The highest BCUT2D eigenvalue weighted by Gasteiger charge is 2.25. The smallest absolute Gasteiger partial charge is 0.196 e. The number of thioether (sulfide) groups is 1. The number of aromatic nitrogens is 3. The second-order valence-corrected chi connectivity index (χ2v) is 10.3. The van der Waals surface area contributed by atoms with E-state index in [-0.39, 0.29) is 11.2 Å². The van der Waals surface area contributed by atoms with E-state index in [0.29, 0.717) is 21.1 Å². The lowest BCUT2D eigenvalue weighted by atomic mass is 9.92. The molecule has 2 heterocycles. The molecule has 0 bridgehead atoms. The van der Waals surface area contributed by atoms with Gasteiger partial charge in [0.1, 0.15) is 10.1 Å². The van der Waals surface area contributed by atoms with Crippen LogP contribution in [0.1, 0.15) is 20.8 Å². The predicted molar refractivity (Wildman–Crippen MR) is 122 cm³/mol. The molecule has 148 valence electrons. The minimum atomic E-state index is -0.389. The van der Waals surface area contributed by atoms with Crippen LogP contribution in [0.2, 0.25) is 4.34 Å². The van der Waals surface area contributed by atoms with E-state index in [0.717, 1.165) is 21.3 Å². The molecule has 7 heteroatoms. The monoisotopic (exact) mass is 441 g/mol. The molecule has 0 aliphatic heterocycles. The molecule has 0 radical (unpaired) electrons. The first kappa shape index (κ1) is 20.1. The molecule has 2 aromatic carbocycles. The van der Waals surface area contributed by atoms with Crippen LogP contribution in [0.5, 0.6) is 0 Å². The van der Waals surface area contributed by atoms with Crippen molar-refractivity contribution in [1.82, 2.24) is 14.8 Å². The number of nitrogens with zero attached hydrogens (tertiary/aromatic N) is 3. The number of fused-ring (bicyclic) bond motifs is 1. The van der Waals surface area contributed by atoms with Crippen LogP contribution in [-0.4, -0.2) is 26.3 Å². The van der Waals surface area contributed by atoms with E-state index in [2.05, 4.69) is 16.3 Å². The summed E-state index contributed by atoms with van der Waals surface area (Å²) >= 11 is 9.57. The second-order valence-electron chi connectivity index (χ2n) is 7.69. The summed E-state index contributed by atoms with van der Waals surface area (Å²) in [6.07, 6.45) is 0. The summed E-state index contributed by atoms with van der Waals surface area (Å²) in [5.74, 6) is 1.20. The Hall–Kier alpha value is -2.15. The molecule has 0 atom stereocenters. The summed E-state index contributed by atoms with van der Waals surface area (Å²) in [4.78, 5) is 12.5. The van der Waals surface area contributed by atoms with Gasteiger partial charge >= 0.3 is 0 Å². The molecule has 0 aliphatic rings. The number of ketones is 1. The van der Waals surface area contributed by atoms with Crippen molar-refractivity contribution < 1.29 is 4.79 Å². The van der Waals surface area contributed by atoms with E-state index in [9.17, 15) is 4.79 Å². The van der Waals surface area contributed by atoms with Crippen molar-refractivity contribution in [2.75, 3.05) is 5.75 Å². The van der Waals surface area contributed by atoms with Gasteiger partial charge in [-0.05, 0) is 18.2 Å². The van der Waals surface area contributed by atoms with Crippen LogP contribution in [0.25, 0.3) is 27.2 Å². The van der Waals surface area contributed by atoms with Gasteiger partial charge in [-0.2, -0.15) is 0 Å². The first-order valence-corrected chi connectivity index (χ1v) is 11.4. The van der Waals surface area contributed by atoms with Gasteiger partial charge in [0.05, 0.1) is 11.3 Å². The Morgan fingerprint density at radius 1 is 1.07 bits per heavy atom. The van der Waals surface area contributed by atoms with Crippen molar-refractivity contribution in [3.05, 3.63) is 58.9 Å². The molecule has 0 aliphatic carbocycles. The lowest BCUT2D eigenvalue weighted by Crippen LogP contribution is -2.22. The van der Waals surface area contributed by atoms with Gasteiger partial charge in [-0.3, -0.25) is 9.36 Å². The van der Waals surface area contributed by atoms with Gasteiger partial charge in [0.25, 0.3) is 0 Å². The quantitative estimate of drug-likeness (QED) is 0.331. The van der Waals surface area contributed by atoms with Crippen LogP contribution in [0.15, 0.2) is 59.8 Å². The third-order valence-corrected chi connectivity index (χ3v) is 6.90. The molecule has 0 N–H and O–H groups in total. The van der Waals surface area contributed by atoms with Gasteiger partial charge in [0.15, 0.2) is 11.0 Å². The van der Waals surface area contributed by atoms with Crippen molar-refractivity contribution in [3.63, 3.8) is 0 Å². The maximum Gasteiger partial charge on any atom is 0.196 e. The highest BCUT2D eigenvalue weighted by Crippen LogP contribution is 2.42. The molecular formula is C22H20ClN3OS2. The predicted octanol–water partition coefficient (Wildman–Crippen LogP) is 6.51. The van der Waals surface area contributed by atoms with E-state index in [4.69, 9.17) is 11.6 Å². The molecule has 4 nitrogen and oxygen atoms in total. The van der Waals surface area contributed by atoms with Crippen molar-refractivity contribution in [2.24, 2.45) is 5.41 Å². The lowest BCUT2D eigenvalue weighted by Gasteiger charge is -2.16. The number of Topliss-reactive ketones (excluding diaryl/α,β-unsaturated/α-hetero) is 1. The highest BCUT2D eigenvalue weighted by molar-refractivity contribution is 7.99. The van der Waals surface area contributed by atoms with E-state index in [1.165, 1.54) is 23.1 Å². The molecule has 0 fully saturated rings. The summed E-state index contributed by atoms with van der Waals surface area (Å²) in [5.41, 5.74) is 1.42. The fourth-order valence-electron chi connectivity index (χ4n) is 2.91. The van der Waals surface area contributed by atoms with Crippen LogP contribution in [-0.2, 0) is 4.79 Å². The number of hydrogen-bond acceptors (Lipinski definition) is 5. The van der Waals surface area contributed by atoms with Gasteiger partial charge < -0.3 is 0 Å². The van der Waals surface area contributed by atoms with E-state index in [1.54, 1.807) is 0 Å². The average Bonchev–Trinajstić information content (AvgIpc) is 3.25. The number of rotatable bonds is 5. The number of thiophene rings is 1. The van der Waals surface area contributed by atoms with Crippen molar-refractivity contribution in [3.8, 4) is 17.1 Å². The minimum absolute atomic E-state index is 0.172. The zero-order valence-electron chi connectivity index (χ0n) is 16.3. The maximum atomic E-state index is 12.5. The zero-order valence-corrected chi connectivity index (χ0v) is 18.7. The second kappa shape index (κ2) is 7.94. The molecule has 0 amide bonds. The third kappa shape index (κ3) is 3.97. The average molecular weight is 442 g/mol. The van der Waals surface area contributed by atoms with Crippen molar-refractivity contribution in [2.45, 2.75) is 25.9 Å². The minimum Gasteiger partial charge on any atom is -0.298 e. The normalized spacial score (nSPS) is 11.9. The number of hydrogen-bond donors (Lipinski definition) is 0. The summed E-state index contributed by atoms with van der Waals surface area (Å²) in [6.45, 7) is 5.79. The first-order chi connectivity index (χ1) is 13.9. The standard InChI is InChI=1S/C22H20ClN3OS2/c1-22(2,3)17(27)13-28-21-25-24-20(26(21)14-9-5-4-6-10-14)18-15-11-7-8-12-16(15)29-19(18)23/h4-12H,13H2,1-3H3. The van der Waals surface area contributed by atoms with Gasteiger partial charge in [-0.15, -0.1) is 21.5 Å². The number of benzene rings is 2. The molecule has 0 unspecified atom stereocenters. The summed E-state index contributed by atoms with van der Waals surface area (Å²) in [5, 5.41) is 10.6. The molecule has 2 aromatic heterocycles. The topological polar surface area (TPSA) is 47.8 Å². The Balaban J connectivity index is 1.84. The van der Waals surface area contributed by atoms with Crippen LogP contribution < -0.4 is 0 Å². The SMILES string of the molecule is CC(C)(C)C(=O)CSc1nnc(-c2c(Cl)sc3ccccc23)n1-c1ccccc1.